The molecule has 3 rings (SSSR count). The first-order chi connectivity index (χ1) is 11.8. The van der Waals surface area contributed by atoms with E-state index in [-0.39, 0.29) is 11.9 Å². The van der Waals surface area contributed by atoms with Gasteiger partial charge in [-0.1, -0.05) is 36.4 Å². The number of hydrogen-bond donors (Lipinski definition) is 0. The smallest absolute Gasteiger partial charge is 0.237 e. The summed E-state index contributed by atoms with van der Waals surface area (Å²) >= 11 is 0. The molecule has 2 fully saturated rings. The largest absolute Gasteiger partial charge is 0.375 e. The number of amides is 1. The Bertz CT molecular complexity index is 546. The first-order valence-electron chi connectivity index (χ1n) is 9.10. The molecule has 0 saturated carbocycles. The van der Waals surface area contributed by atoms with Crippen LogP contribution in [0, 0.1) is 0 Å². The van der Waals surface area contributed by atoms with Crippen LogP contribution >= 0.6 is 0 Å². The van der Waals surface area contributed by atoms with Gasteiger partial charge in [0.05, 0.1) is 25.3 Å². The van der Waals surface area contributed by atoms with E-state index >= 15 is 0 Å². The van der Waals surface area contributed by atoms with Crippen molar-refractivity contribution in [1.82, 2.24) is 10.0 Å². The lowest BCUT2D eigenvalue weighted by Crippen LogP contribution is -2.56. The van der Waals surface area contributed by atoms with Gasteiger partial charge < -0.3 is 4.74 Å². The van der Waals surface area contributed by atoms with Crippen molar-refractivity contribution in [3.63, 3.8) is 0 Å². The standard InChI is InChI=1S/C20H28N2O2/c1-2-8-18-11-6-13-20(23)22(18)21-14-7-12-19(21)16-24-15-17-9-4-3-5-10-17/h2-5,9-10,18-19H,1,6-8,11-16H2/t18-,19-/m0/s1. The van der Waals surface area contributed by atoms with E-state index in [1.54, 1.807) is 0 Å². The quantitative estimate of drug-likeness (QED) is 0.718. The minimum Gasteiger partial charge on any atom is -0.375 e. The molecular formula is C20H28N2O2. The van der Waals surface area contributed by atoms with Crippen molar-refractivity contribution in [2.45, 2.75) is 57.2 Å². The number of carbonyl (C=O) groups excluding carboxylic acids is 1. The number of rotatable bonds is 7. The molecule has 0 spiro atoms. The second kappa shape index (κ2) is 8.45. The zero-order chi connectivity index (χ0) is 16.8. The lowest BCUT2D eigenvalue weighted by Gasteiger charge is -2.43. The number of hydrogen-bond acceptors (Lipinski definition) is 3. The average molecular weight is 328 g/mol. The van der Waals surface area contributed by atoms with Crippen LogP contribution in [-0.2, 0) is 16.1 Å². The van der Waals surface area contributed by atoms with E-state index in [0.717, 1.165) is 38.6 Å². The summed E-state index contributed by atoms with van der Waals surface area (Å²) in [5.41, 5.74) is 1.20. The maximum absolute atomic E-state index is 12.5. The molecule has 0 unspecified atom stereocenters. The van der Waals surface area contributed by atoms with E-state index < -0.39 is 0 Å². The van der Waals surface area contributed by atoms with E-state index in [2.05, 4.69) is 23.7 Å². The summed E-state index contributed by atoms with van der Waals surface area (Å²) in [5, 5.41) is 4.31. The van der Waals surface area contributed by atoms with Crippen molar-refractivity contribution in [3.05, 3.63) is 48.6 Å². The predicted octanol–water partition coefficient (Wildman–Crippen LogP) is 3.54. The Balaban J connectivity index is 1.59. The lowest BCUT2D eigenvalue weighted by molar-refractivity contribution is -0.165. The van der Waals surface area contributed by atoms with Gasteiger partial charge in [-0.2, -0.15) is 0 Å². The van der Waals surface area contributed by atoms with Crippen LogP contribution in [0.1, 0.15) is 44.1 Å². The number of piperidine rings is 1. The third kappa shape index (κ3) is 4.05. The number of carbonyl (C=O) groups is 1. The van der Waals surface area contributed by atoms with Gasteiger partial charge in [0.1, 0.15) is 0 Å². The summed E-state index contributed by atoms with van der Waals surface area (Å²) in [5.74, 6) is 0.267. The topological polar surface area (TPSA) is 32.8 Å². The Morgan fingerprint density at radius 3 is 2.75 bits per heavy atom. The van der Waals surface area contributed by atoms with Crippen molar-refractivity contribution in [1.29, 1.82) is 0 Å². The highest BCUT2D eigenvalue weighted by Gasteiger charge is 2.37. The van der Waals surface area contributed by atoms with Crippen molar-refractivity contribution in [3.8, 4) is 0 Å². The first-order valence-corrected chi connectivity index (χ1v) is 9.10. The van der Waals surface area contributed by atoms with E-state index in [0.29, 0.717) is 25.7 Å². The molecule has 0 aliphatic carbocycles. The van der Waals surface area contributed by atoms with Crippen molar-refractivity contribution in [2.75, 3.05) is 13.2 Å². The van der Waals surface area contributed by atoms with Gasteiger partial charge in [0.25, 0.3) is 0 Å². The van der Waals surface area contributed by atoms with E-state index in [9.17, 15) is 4.79 Å². The third-order valence-electron chi connectivity index (χ3n) is 5.01. The number of benzene rings is 1. The molecule has 2 aliphatic rings. The lowest BCUT2D eigenvalue weighted by atomic mass is 10.0. The van der Waals surface area contributed by atoms with Gasteiger partial charge >= 0.3 is 0 Å². The van der Waals surface area contributed by atoms with Crippen LogP contribution in [0.3, 0.4) is 0 Å². The van der Waals surface area contributed by atoms with E-state index in [1.165, 1.54) is 5.56 Å². The molecule has 0 aromatic heterocycles. The fourth-order valence-corrected chi connectivity index (χ4v) is 3.85. The molecule has 2 aliphatic heterocycles. The van der Waals surface area contributed by atoms with Gasteiger partial charge in [0.2, 0.25) is 5.91 Å². The summed E-state index contributed by atoms with van der Waals surface area (Å²) in [6, 6.07) is 10.8. The predicted molar refractivity (Wildman–Crippen MR) is 95.1 cm³/mol. The highest BCUT2D eigenvalue weighted by Crippen LogP contribution is 2.29. The molecule has 4 nitrogen and oxygen atoms in total. The maximum atomic E-state index is 12.5. The Kier molecular flexibility index (Phi) is 6.05. The van der Waals surface area contributed by atoms with Crippen LogP contribution in [0.4, 0.5) is 0 Å². The molecular weight excluding hydrogens is 300 g/mol. The molecule has 1 aromatic carbocycles. The second-order valence-electron chi connectivity index (χ2n) is 6.77. The van der Waals surface area contributed by atoms with Gasteiger partial charge in [0.15, 0.2) is 0 Å². The van der Waals surface area contributed by atoms with E-state index in [4.69, 9.17) is 4.74 Å². The molecule has 1 aromatic rings. The van der Waals surface area contributed by atoms with Crippen molar-refractivity contribution >= 4 is 5.91 Å². The molecule has 0 N–H and O–H groups in total. The summed E-state index contributed by atoms with van der Waals surface area (Å²) in [6.45, 7) is 6.13. The normalized spacial score (nSPS) is 25.2. The summed E-state index contributed by atoms with van der Waals surface area (Å²) < 4.78 is 5.96. The average Bonchev–Trinajstić information content (AvgIpc) is 3.04. The molecule has 130 valence electrons. The minimum atomic E-state index is 0.267. The zero-order valence-electron chi connectivity index (χ0n) is 14.4. The fourth-order valence-electron chi connectivity index (χ4n) is 3.85. The highest BCUT2D eigenvalue weighted by molar-refractivity contribution is 5.76. The SMILES string of the molecule is C=CC[C@H]1CCCC(=O)N1N1CCC[C@H]1COCc1ccccc1. The Morgan fingerprint density at radius 1 is 1.17 bits per heavy atom. The molecule has 2 saturated heterocycles. The Morgan fingerprint density at radius 2 is 1.96 bits per heavy atom. The molecule has 4 heteroatoms. The summed E-state index contributed by atoms with van der Waals surface area (Å²) in [4.78, 5) is 12.5. The molecule has 0 bridgehead atoms. The Hall–Kier alpha value is -1.65. The molecule has 0 radical (unpaired) electrons. The van der Waals surface area contributed by atoms with Crippen LogP contribution in [0.2, 0.25) is 0 Å². The van der Waals surface area contributed by atoms with Gasteiger partial charge in [0, 0.05) is 13.0 Å². The van der Waals surface area contributed by atoms with Gasteiger partial charge in [-0.05, 0) is 37.7 Å². The monoisotopic (exact) mass is 328 g/mol. The van der Waals surface area contributed by atoms with Gasteiger partial charge in [-0.25, -0.2) is 5.01 Å². The van der Waals surface area contributed by atoms with Gasteiger partial charge in [-0.3, -0.25) is 9.80 Å². The fraction of sp³-hybridized carbons (Fsp3) is 0.550. The maximum Gasteiger partial charge on any atom is 0.237 e. The number of hydrazine groups is 1. The third-order valence-corrected chi connectivity index (χ3v) is 5.01. The van der Waals surface area contributed by atoms with Gasteiger partial charge in [-0.15, -0.1) is 6.58 Å². The second-order valence-corrected chi connectivity index (χ2v) is 6.77. The number of ether oxygens (including phenoxy) is 1. The van der Waals surface area contributed by atoms with Crippen LogP contribution in [0.5, 0.6) is 0 Å². The van der Waals surface area contributed by atoms with Crippen LogP contribution < -0.4 is 0 Å². The highest BCUT2D eigenvalue weighted by atomic mass is 16.5. The van der Waals surface area contributed by atoms with Crippen LogP contribution in [0.15, 0.2) is 43.0 Å². The molecule has 2 heterocycles. The van der Waals surface area contributed by atoms with Crippen molar-refractivity contribution in [2.24, 2.45) is 0 Å². The minimum absolute atomic E-state index is 0.267. The molecule has 24 heavy (non-hydrogen) atoms. The summed E-state index contributed by atoms with van der Waals surface area (Å²) in [6.07, 6.45) is 7.78. The zero-order valence-corrected chi connectivity index (χ0v) is 14.4. The molecule has 2 atom stereocenters. The van der Waals surface area contributed by atoms with Crippen LogP contribution in [-0.4, -0.2) is 41.2 Å². The molecule has 1 amide bonds. The van der Waals surface area contributed by atoms with E-state index in [1.807, 2.05) is 29.3 Å². The summed E-state index contributed by atoms with van der Waals surface area (Å²) in [7, 11) is 0. The van der Waals surface area contributed by atoms with Crippen LogP contribution in [0.25, 0.3) is 0 Å². The Labute approximate surface area is 145 Å². The first kappa shape index (κ1) is 17.2. The van der Waals surface area contributed by atoms with Crippen molar-refractivity contribution < 1.29 is 9.53 Å². The number of nitrogens with zero attached hydrogens (tertiary/aromatic N) is 2.